The van der Waals surface area contributed by atoms with Gasteiger partial charge in [-0.05, 0) is 76.3 Å². The highest BCUT2D eigenvalue weighted by Crippen LogP contribution is 2.36. The Morgan fingerprint density at radius 1 is 1.03 bits per heavy atom. The molecule has 1 saturated heterocycles. The van der Waals surface area contributed by atoms with Gasteiger partial charge in [-0.15, -0.1) is 0 Å². The van der Waals surface area contributed by atoms with E-state index in [2.05, 4.69) is 53.4 Å². The van der Waals surface area contributed by atoms with E-state index >= 15 is 0 Å². The molecule has 4 N–H and O–H groups in total. The second kappa shape index (κ2) is 8.05. The highest BCUT2D eigenvalue weighted by Gasteiger charge is 2.40. The van der Waals surface area contributed by atoms with E-state index in [9.17, 15) is 10.2 Å². The quantitative estimate of drug-likeness (QED) is 0.500. The molecule has 0 aliphatic carbocycles. The average molecular weight is 422 g/mol. The summed E-state index contributed by atoms with van der Waals surface area (Å²) in [7, 11) is 0. The summed E-state index contributed by atoms with van der Waals surface area (Å²) in [5.41, 5.74) is 3.72. The number of H-pyrrole nitrogens is 1. The summed E-state index contributed by atoms with van der Waals surface area (Å²) >= 11 is 0. The third-order valence-electron chi connectivity index (χ3n) is 6.01. The maximum absolute atomic E-state index is 10.9. The molecular formula is C24H31N5O2. The second-order valence-electron chi connectivity index (χ2n) is 9.96. The number of aliphatic hydroxyl groups is 1. The minimum Gasteiger partial charge on any atom is -0.507 e. The molecule has 1 aliphatic rings. The fraction of sp³-hybridized carbons (Fsp3) is 0.458. The monoisotopic (exact) mass is 421 g/mol. The maximum Gasteiger partial charge on any atom is 0.125 e. The molecule has 31 heavy (non-hydrogen) atoms. The van der Waals surface area contributed by atoms with Crippen molar-refractivity contribution in [2.24, 2.45) is 5.92 Å². The molecule has 1 aliphatic heterocycles. The third-order valence-corrected chi connectivity index (χ3v) is 6.01. The van der Waals surface area contributed by atoms with E-state index in [0.717, 1.165) is 29.7 Å². The van der Waals surface area contributed by atoms with Crippen LogP contribution in [0.2, 0.25) is 0 Å². The lowest BCUT2D eigenvalue weighted by Gasteiger charge is -2.47. The van der Waals surface area contributed by atoms with Crippen molar-refractivity contribution < 1.29 is 10.2 Å². The van der Waals surface area contributed by atoms with Gasteiger partial charge in [0.25, 0.3) is 0 Å². The number of piperidine rings is 1. The van der Waals surface area contributed by atoms with Crippen molar-refractivity contribution in [2.45, 2.75) is 64.1 Å². The Labute approximate surface area is 182 Å². The number of aliphatic hydroxyl groups excluding tert-OH is 1. The number of nitrogens with zero attached hydrogens (tertiary/aromatic N) is 3. The number of phenols is 1. The Balaban J connectivity index is 1.46. The molecule has 0 saturated carbocycles. The molecule has 3 heterocycles. The largest absolute Gasteiger partial charge is 0.507 e. The molecule has 7 heteroatoms. The van der Waals surface area contributed by atoms with Crippen LogP contribution in [-0.2, 0) is 6.42 Å². The van der Waals surface area contributed by atoms with Crippen molar-refractivity contribution in [2.75, 3.05) is 0 Å². The van der Waals surface area contributed by atoms with E-state index in [1.54, 1.807) is 18.5 Å². The summed E-state index contributed by atoms with van der Waals surface area (Å²) in [6.07, 6.45) is 5.32. The molecular weight excluding hydrogens is 390 g/mol. The number of aromatic hydroxyl groups is 1. The maximum atomic E-state index is 10.9. The molecule has 0 amide bonds. The normalized spacial score (nSPS) is 19.3. The average Bonchev–Trinajstić information content (AvgIpc) is 3.21. The van der Waals surface area contributed by atoms with Crippen LogP contribution in [0.25, 0.3) is 22.4 Å². The Morgan fingerprint density at radius 3 is 2.35 bits per heavy atom. The van der Waals surface area contributed by atoms with E-state index < -0.39 is 6.10 Å². The van der Waals surface area contributed by atoms with Gasteiger partial charge in [-0.3, -0.25) is 5.10 Å². The second-order valence-corrected chi connectivity index (χ2v) is 9.96. The van der Waals surface area contributed by atoms with E-state index in [-0.39, 0.29) is 22.7 Å². The highest BCUT2D eigenvalue weighted by atomic mass is 16.3. The Hall–Kier alpha value is -2.77. The fourth-order valence-corrected chi connectivity index (χ4v) is 5.00. The number of hydrogen-bond acceptors (Lipinski definition) is 6. The Morgan fingerprint density at radius 2 is 1.77 bits per heavy atom. The lowest BCUT2D eigenvalue weighted by Crippen LogP contribution is -2.59. The summed E-state index contributed by atoms with van der Waals surface area (Å²) in [6.45, 7) is 8.75. The van der Waals surface area contributed by atoms with Crippen LogP contribution in [0.1, 0.15) is 46.2 Å². The van der Waals surface area contributed by atoms with Gasteiger partial charge in [0.2, 0.25) is 0 Å². The molecule has 1 atom stereocenters. The van der Waals surface area contributed by atoms with E-state index in [4.69, 9.17) is 0 Å². The third kappa shape index (κ3) is 4.94. The van der Waals surface area contributed by atoms with Crippen molar-refractivity contribution in [1.29, 1.82) is 0 Å². The Bertz CT molecular complexity index is 1010. The molecule has 1 aromatic carbocycles. The predicted molar refractivity (Wildman–Crippen MR) is 120 cm³/mol. The van der Waals surface area contributed by atoms with Gasteiger partial charge in [0.05, 0.1) is 23.7 Å². The van der Waals surface area contributed by atoms with Crippen LogP contribution < -0.4 is 5.32 Å². The lowest BCUT2D eigenvalue weighted by atomic mass is 9.73. The molecule has 0 bridgehead atoms. The van der Waals surface area contributed by atoms with Crippen LogP contribution in [0.4, 0.5) is 0 Å². The molecule has 1 fully saturated rings. The van der Waals surface area contributed by atoms with Gasteiger partial charge >= 0.3 is 0 Å². The van der Waals surface area contributed by atoms with E-state index in [0.29, 0.717) is 17.7 Å². The number of aromatic amines is 1. The summed E-state index contributed by atoms with van der Waals surface area (Å²) in [5.74, 6) is 0.340. The topological polar surface area (TPSA) is 107 Å². The van der Waals surface area contributed by atoms with Crippen LogP contribution in [0.3, 0.4) is 0 Å². The SMILES string of the molecule is CC1(C)CC(C(O)Cc2ccc(-c3ccc(-c4cn[nH]c4)cc3O)nn2)CC(C)(C)N1. The number of nitrogens with one attached hydrogen (secondary N) is 2. The molecule has 4 rings (SSSR count). The number of benzene rings is 1. The van der Waals surface area contributed by atoms with Crippen molar-refractivity contribution in [3.05, 3.63) is 48.4 Å². The molecule has 0 spiro atoms. The van der Waals surface area contributed by atoms with Gasteiger partial charge in [0.1, 0.15) is 5.75 Å². The molecule has 0 radical (unpaired) electrons. The number of phenolic OH excluding ortho intramolecular Hbond substituents is 1. The summed E-state index contributed by atoms with van der Waals surface area (Å²) < 4.78 is 0. The first kappa shape index (κ1) is 21.5. The standard InChI is InChI=1S/C24H31N5O2/c1-23(2)11-16(12-24(3,4)29-23)21(30)10-18-6-8-20(28-27-18)19-7-5-15(9-22(19)31)17-13-25-26-14-17/h5-9,13-14,16,21,29-31H,10-12H2,1-4H3,(H,25,26). The van der Waals surface area contributed by atoms with Crippen LogP contribution >= 0.6 is 0 Å². The van der Waals surface area contributed by atoms with Crippen LogP contribution in [0.15, 0.2) is 42.7 Å². The number of aromatic nitrogens is 4. The molecule has 3 aromatic rings. The predicted octanol–water partition coefficient (Wildman–Crippen LogP) is 3.70. The molecule has 164 valence electrons. The fourth-order valence-electron chi connectivity index (χ4n) is 5.00. The highest BCUT2D eigenvalue weighted by molar-refractivity contribution is 5.73. The van der Waals surface area contributed by atoms with Gasteiger partial charge < -0.3 is 15.5 Å². The minimum atomic E-state index is -0.469. The van der Waals surface area contributed by atoms with Gasteiger partial charge in [-0.1, -0.05) is 6.07 Å². The van der Waals surface area contributed by atoms with Gasteiger partial charge in [-0.25, -0.2) is 0 Å². The summed E-state index contributed by atoms with van der Waals surface area (Å²) in [6, 6.07) is 9.17. The van der Waals surface area contributed by atoms with Crippen LogP contribution in [0, 0.1) is 5.92 Å². The zero-order valence-electron chi connectivity index (χ0n) is 18.6. The molecule has 1 unspecified atom stereocenters. The van der Waals surface area contributed by atoms with Crippen LogP contribution in [0.5, 0.6) is 5.75 Å². The Kier molecular flexibility index (Phi) is 5.58. The van der Waals surface area contributed by atoms with E-state index in [1.807, 2.05) is 24.3 Å². The first-order valence-electron chi connectivity index (χ1n) is 10.7. The van der Waals surface area contributed by atoms with Crippen molar-refractivity contribution in [1.82, 2.24) is 25.7 Å². The van der Waals surface area contributed by atoms with E-state index in [1.165, 1.54) is 0 Å². The van der Waals surface area contributed by atoms with Gasteiger partial charge in [0.15, 0.2) is 0 Å². The first-order chi connectivity index (χ1) is 14.6. The van der Waals surface area contributed by atoms with Crippen LogP contribution in [-0.4, -0.2) is 47.8 Å². The van der Waals surface area contributed by atoms with Crippen molar-refractivity contribution >= 4 is 0 Å². The molecule has 2 aromatic heterocycles. The number of hydrogen-bond donors (Lipinski definition) is 4. The lowest BCUT2D eigenvalue weighted by molar-refractivity contribution is 0.0269. The van der Waals surface area contributed by atoms with Crippen molar-refractivity contribution in [3.63, 3.8) is 0 Å². The zero-order valence-corrected chi connectivity index (χ0v) is 18.6. The summed E-state index contributed by atoms with van der Waals surface area (Å²) in [5, 5.41) is 40.4. The van der Waals surface area contributed by atoms with Gasteiger partial charge in [0, 0.05) is 34.8 Å². The zero-order chi connectivity index (χ0) is 22.2. The summed E-state index contributed by atoms with van der Waals surface area (Å²) in [4.78, 5) is 0. The first-order valence-corrected chi connectivity index (χ1v) is 10.7. The number of rotatable bonds is 5. The molecule has 7 nitrogen and oxygen atoms in total. The van der Waals surface area contributed by atoms with Crippen molar-refractivity contribution in [3.8, 4) is 28.1 Å². The smallest absolute Gasteiger partial charge is 0.125 e. The minimum absolute atomic E-state index is 0.0108. The van der Waals surface area contributed by atoms with Gasteiger partial charge in [-0.2, -0.15) is 15.3 Å².